The Labute approximate surface area is 255 Å². The van der Waals surface area contributed by atoms with Crippen molar-refractivity contribution >= 4 is 16.2 Å². The maximum absolute atomic E-state index is 12.4. The zero-order valence-corrected chi connectivity index (χ0v) is 26.1. The summed E-state index contributed by atoms with van der Waals surface area (Å²) in [7, 11) is -3.91. The molecule has 3 rings (SSSR count). The summed E-state index contributed by atoms with van der Waals surface area (Å²) >= 11 is 0. The first-order chi connectivity index (χ1) is 20.5. The second kappa shape index (κ2) is 17.1. The van der Waals surface area contributed by atoms with Crippen LogP contribution < -0.4 is 5.32 Å². The molecule has 0 aromatic heterocycles. The molecule has 9 nitrogen and oxygen atoms in total. The highest BCUT2D eigenvalue weighted by Gasteiger charge is 2.35. The summed E-state index contributed by atoms with van der Waals surface area (Å²) < 4.78 is 54.6. The van der Waals surface area contributed by atoms with Crippen LogP contribution in [0.3, 0.4) is 0 Å². The molecule has 0 unspecified atom stereocenters. The van der Waals surface area contributed by atoms with Gasteiger partial charge in [-0.3, -0.25) is 4.18 Å². The monoisotopic (exact) mass is 613 g/mol. The average Bonchev–Trinajstić information content (AvgIpc) is 2.95. The van der Waals surface area contributed by atoms with E-state index in [9.17, 15) is 13.2 Å². The number of nitrogens with one attached hydrogen (secondary N) is 1. The highest BCUT2D eigenvalue weighted by atomic mass is 32.2. The van der Waals surface area contributed by atoms with Crippen molar-refractivity contribution < 1.29 is 36.3 Å². The normalized spacial score (nSPS) is 14.0. The zero-order valence-electron chi connectivity index (χ0n) is 25.3. The molecule has 0 aliphatic carbocycles. The van der Waals surface area contributed by atoms with Gasteiger partial charge in [0.1, 0.15) is 17.8 Å². The molecule has 0 aliphatic heterocycles. The average molecular weight is 614 g/mol. The molecule has 1 N–H and O–H groups in total. The van der Waals surface area contributed by atoms with Crippen molar-refractivity contribution in [1.29, 1.82) is 0 Å². The lowest BCUT2D eigenvalue weighted by atomic mass is 10.0. The second-order valence-electron chi connectivity index (χ2n) is 11.2. The lowest BCUT2D eigenvalue weighted by Crippen LogP contribution is -2.47. The number of hydrogen-bond donors (Lipinski definition) is 1. The van der Waals surface area contributed by atoms with E-state index in [0.29, 0.717) is 0 Å². The van der Waals surface area contributed by atoms with Crippen LogP contribution in [0.4, 0.5) is 4.79 Å². The van der Waals surface area contributed by atoms with Gasteiger partial charge in [0.15, 0.2) is 0 Å². The number of alkyl carbamates (subject to hydrolysis) is 1. The molecule has 0 fully saturated rings. The number of hydrogen-bond acceptors (Lipinski definition) is 8. The van der Waals surface area contributed by atoms with Gasteiger partial charge in [-0.15, -0.1) is 0 Å². The van der Waals surface area contributed by atoms with E-state index in [0.717, 1.165) is 22.9 Å². The van der Waals surface area contributed by atoms with Crippen LogP contribution in [-0.2, 0) is 53.1 Å². The summed E-state index contributed by atoms with van der Waals surface area (Å²) in [6.07, 6.45) is -1.89. The first-order valence-electron chi connectivity index (χ1n) is 14.3. The molecule has 234 valence electrons. The number of carbonyl (C=O) groups excluding carboxylic acids is 1. The number of ether oxygens (including phenoxy) is 4. The number of benzene rings is 3. The van der Waals surface area contributed by atoms with Crippen molar-refractivity contribution in [2.24, 2.45) is 0 Å². The molecule has 0 aliphatic rings. The smallest absolute Gasteiger partial charge is 0.407 e. The van der Waals surface area contributed by atoms with Gasteiger partial charge in [-0.05, 0) is 43.9 Å². The Hall–Kier alpha value is -3.28. The summed E-state index contributed by atoms with van der Waals surface area (Å²) in [4.78, 5) is 12.4. The number of amides is 1. The van der Waals surface area contributed by atoms with Crippen molar-refractivity contribution in [1.82, 2.24) is 5.32 Å². The number of rotatable bonds is 17. The van der Waals surface area contributed by atoms with Crippen molar-refractivity contribution in [2.45, 2.75) is 70.9 Å². The topological polar surface area (TPSA) is 109 Å². The van der Waals surface area contributed by atoms with E-state index in [4.69, 9.17) is 23.1 Å². The summed E-state index contributed by atoms with van der Waals surface area (Å²) in [5, 5.41) is 2.76. The fourth-order valence-electron chi connectivity index (χ4n) is 4.24. The molecule has 0 bridgehead atoms. The molecule has 0 radical (unpaired) electrons. The highest BCUT2D eigenvalue weighted by Crippen LogP contribution is 2.21. The fraction of sp³-hybridized carbons (Fsp3) is 0.424. The van der Waals surface area contributed by atoms with E-state index >= 15 is 0 Å². The molecule has 3 aromatic carbocycles. The number of carbonyl (C=O) groups is 1. The van der Waals surface area contributed by atoms with Gasteiger partial charge >= 0.3 is 6.09 Å². The third-order valence-corrected chi connectivity index (χ3v) is 6.71. The Bertz CT molecular complexity index is 1320. The Morgan fingerprint density at radius 3 is 1.72 bits per heavy atom. The minimum absolute atomic E-state index is 0.0773. The van der Waals surface area contributed by atoms with E-state index < -0.39 is 40.1 Å². The molecule has 43 heavy (non-hydrogen) atoms. The van der Waals surface area contributed by atoms with Crippen LogP contribution in [0, 0.1) is 0 Å². The van der Waals surface area contributed by atoms with E-state index in [1.807, 2.05) is 91.0 Å². The van der Waals surface area contributed by atoms with E-state index in [1.165, 1.54) is 0 Å². The predicted octanol–water partition coefficient (Wildman–Crippen LogP) is 5.63. The Kier molecular flexibility index (Phi) is 13.6. The van der Waals surface area contributed by atoms with E-state index in [1.54, 1.807) is 20.8 Å². The molecule has 3 aromatic rings. The van der Waals surface area contributed by atoms with Gasteiger partial charge in [-0.25, -0.2) is 4.79 Å². The molecule has 0 heterocycles. The third-order valence-electron chi connectivity index (χ3n) is 6.11. The van der Waals surface area contributed by atoms with Gasteiger partial charge in [0.05, 0.1) is 38.8 Å². The largest absolute Gasteiger partial charge is 0.444 e. The quantitative estimate of drug-likeness (QED) is 0.195. The molecule has 3 atom stereocenters. The van der Waals surface area contributed by atoms with E-state index in [2.05, 4.69) is 5.32 Å². The first kappa shape index (κ1) is 34.2. The zero-order chi connectivity index (χ0) is 31.1. The van der Waals surface area contributed by atoms with Gasteiger partial charge in [-0.2, -0.15) is 8.42 Å². The highest BCUT2D eigenvalue weighted by molar-refractivity contribution is 7.86. The molecule has 10 heteroatoms. The Morgan fingerprint density at radius 1 is 0.744 bits per heavy atom. The van der Waals surface area contributed by atoms with Gasteiger partial charge in [0.25, 0.3) is 10.1 Å². The van der Waals surface area contributed by atoms with Crippen LogP contribution in [0.2, 0.25) is 0 Å². The van der Waals surface area contributed by atoms with Gasteiger partial charge in [-0.1, -0.05) is 91.0 Å². The van der Waals surface area contributed by atoms with Crippen molar-refractivity contribution in [3.8, 4) is 0 Å². The summed E-state index contributed by atoms with van der Waals surface area (Å²) in [5.41, 5.74) is 2.10. The molecular formula is C33H43NO8S. The second-order valence-corrected chi connectivity index (χ2v) is 12.8. The van der Waals surface area contributed by atoms with E-state index in [-0.39, 0.29) is 39.4 Å². The maximum Gasteiger partial charge on any atom is 0.407 e. The summed E-state index contributed by atoms with van der Waals surface area (Å²) in [6, 6.07) is 28.7. The molecule has 0 saturated carbocycles. The van der Waals surface area contributed by atoms with Crippen LogP contribution in [0.25, 0.3) is 0 Å². The van der Waals surface area contributed by atoms with Crippen LogP contribution in [0.15, 0.2) is 91.0 Å². The van der Waals surface area contributed by atoms with Gasteiger partial charge in [0, 0.05) is 6.54 Å². The van der Waals surface area contributed by atoms with Gasteiger partial charge in [0.2, 0.25) is 0 Å². The molecular weight excluding hydrogens is 570 g/mol. The van der Waals surface area contributed by atoms with Gasteiger partial charge < -0.3 is 24.3 Å². The SMILES string of the molecule is CC(C)(C)OC(=O)NCC[C@@H](OCc1ccccc1)[C@@H](OCc1ccccc1)[C@@H](COCc1ccccc1)OS(C)(=O)=O. The van der Waals surface area contributed by atoms with Crippen LogP contribution in [-0.4, -0.2) is 57.8 Å². The van der Waals surface area contributed by atoms with Crippen LogP contribution in [0.5, 0.6) is 0 Å². The Balaban J connectivity index is 1.86. The molecule has 0 saturated heterocycles. The minimum atomic E-state index is -3.91. The maximum atomic E-state index is 12.4. The molecule has 0 spiro atoms. The lowest BCUT2D eigenvalue weighted by molar-refractivity contribution is -0.140. The van der Waals surface area contributed by atoms with Crippen molar-refractivity contribution in [2.75, 3.05) is 19.4 Å². The van der Waals surface area contributed by atoms with Crippen LogP contribution in [0.1, 0.15) is 43.9 Å². The fourth-order valence-corrected chi connectivity index (χ4v) is 4.85. The summed E-state index contributed by atoms with van der Waals surface area (Å²) in [5.74, 6) is 0. The van der Waals surface area contributed by atoms with Crippen molar-refractivity contribution in [3.05, 3.63) is 108 Å². The summed E-state index contributed by atoms with van der Waals surface area (Å²) in [6.45, 7) is 6.14. The van der Waals surface area contributed by atoms with Crippen LogP contribution >= 0.6 is 0 Å². The van der Waals surface area contributed by atoms with Crippen molar-refractivity contribution in [3.63, 3.8) is 0 Å². The minimum Gasteiger partial charge on any atom is -0.444 e. The standard InChI is InChI=1S/C33H43NO8S/c1-33(2,3)41-32(35)34-21-20-29(39-23-27-16-10-6-11-17-27)31(40-24-28-18-12-7-13-19-28)30(42-43(4,36)37)25-38-22-26-14-8-5-9-15-26/h5-19,29-31H,20-25H2,1-4H3,(H,34,35)/t29-,30-,31-/m1/s1. The predicted molar refractivity (Wildman–Crippen MR) is 165 cm³/mol. The third kappa shape index (κ3) is 14.2. The molecule has 1 amide bonds. The lowest BCUT2D eigenvalue weighted by Gasteiger charge is -2.33. The Morgan fingerprint density at radius 2 is 1.23 bits per heavy atom. The first-order valence-corrected chi connectivity index (χ1v) is 16.1.